The highest BCUT2D eigenvalue weighted by Gasteiger charge is 2.07. The van der Waals surface area contributed by atoms with E-state index in [2.05, 4.69) is 32.6 Å². The van der Waals surface area contributed by atoms with E-state index in [1.165, 1.54) is 22.7 Å². The summed E-state index contributed by atoms with van der Waals surface area (Å²) in [7, 11) is 1.86. The maximum Gasteiger partial charge on any atom is 0.230 e. The van der Waals surface area contributed by atoms with Crippen LogP contribution in [-0.4, -0.2) is 38.0 Å². The number of nitrogens with one attached hydrogen (secondary N) is 2. The van der Waals surface area contributed by atoms with Crippen LogP contribution in [0.2, 0.25) is 0 Å². The number of para-hydroxylation sites is 1. The molecular formula is C15H17N5OS. The molecule has 0 saturated heterocycles. The second-order valence-electron chi connectivity index (χ2n) is 4.97. The fraction of sp³-hybridized carbons (Fsp3) is 0.267. The van der Waals surface area contributed by atoms with Crippen LogP contribution in [0, 0.1) is 0 Å². The van der Waals surface area contributed by atoms with Gasteiger partial charge in [-0.15, -0.1) is 10.2 Å². The molecule has 22 heavy (non-hydrogen) atoms. The fourth-order valence-corrected chi connectivity index (χ4v) is 2.98. The molecule has 114 valence electrons. The van der Waals surface area contributed by atoms with Crippen LogP contribution in [0.4, 0.5) is 0 Å². The van der Waals surface area contributed by atoms with Gasteiger partial charge in [0.1, 0.15) is 6.33 Å². The molecule has 3 aromatic rings. The van der Waals surface area contributed by atoms with Crippen molar-refractivity contribution in [1.29, 1.82) is 0 Å². The van der Waals surface area contributed by atoms with Crippen molar-refractivity contribution in [2.75, 3.05) is 12.3 Å². The molecule has 0 aliphatic heterocycles. The van der Waals surface area contributed by atoms with Gasteiger partial charge in [-0.05, 0) is 18.1 Å². The average Bonchev–Trinajstić information content (AvgIpc) is 3.12. The molecule has 2 heterocycles. The zero-order chi connectivity index (χ0) is 15.4. The number of amides is 1. The van der Waals surface area contributed by atoms with Gasteiger partial charge in [-0.1, -0.05) is 30.0 Å². The van der Waals surface area contributed by atoms with Gasteiger partial charge in [0.15, 0.2) is 5.16 Å². The molecule has 0 bridgehead atoms. The minimum absolute atomic E-state index is 0.00726. The number of nitrogens with zero attached hydrogens (tertiary/aromatic N) is 3. The Morgan fingerprint density at radius 2 is 2.27 bits per heavy atom. The van der Waals surface area contributed by atoms with Crippen LogP contribution < -0.4 is 5.32 Å². The number of carbonyl (C=O) groups excluding carboxylic acids is 1. The summed E-state index contributed by atoms with van der Waals surface area (Å²) in [6.07, 6.45) is 4.44. The summed E-state index contributed by atoms with van der Waals surface area (Å²) in [6.45, 7) is 0.625. The second kappa shape index (κ2) is 6.65. The lowest BCUT2D eigenvalue weighted by atomic mass is 10.1. The van der Waals surface area contributed by atoms with E-state index in [4.69, 9.17) is 0 Å². The van der Waals surface area contributed by atoms with E-state index >= 15 is 0 Å². The molecule has 0 spiro atoms. The molecular weight excluding hydrogens is 298 g/mol. The highest BCUT2D eigenvalue weighted by Crippen LogP contribution is 2.17. The van der Waals surface area contributed by atoms with Crippen LogP contribution in [0.15, 0.2) is 41.9 Å². The summed E-state index contributed by atoms with van der Waals surface area (Å²) < 4.78 is 1.80. The van der Waals surface area contributed by atoms with Gasteiger partial charge in [0.05, 0.1) is 5.75 Å². The van der Waals surface area contributed by atoms with Gasteiger partial charge in [0.25, 0.3) is 0 Å². The minimum atomic E-state index is 0.00726. The largest absolute Gasteiger partial charge is 0.361 e. The third kappa shape index (κ3) is 3.30. The number of aromatic nitrogens is 4. The highest BCUT2D eigenvalue weighted by molar-refractivity contribution is 7.99. The number of rotatable bonds is 6. The summed E-state index contributed by atoms with van der Waals surface area (Å²) in [5.41, 5.74) is 2.35. The van der Waals surface area contributed by atoms with Crippen molar-refractivity contribution in [3.8, 4) is 0 Å². The minimum Gasteiger partial charge on any atom is -0.361 e. The molecule has 0 saturated carbocycles. The smallest absolute Gasteiger partial charge is 0.230 e. The van der Waals surface area contributed by atoms with E-state index in [1.807, 2.05) is 25.4 Å². The van der Waals surface area contributed by atoms with Crippen molar-refractivity contribution >= 4 is 28.6 Å². The van der Waals surface area contributed by atoms with Crippen molar-refractivity contribution in [2.24, 2.45) is 7.05 Å². The van der Waals surface area contributed by atoms with E-state index in [0.717, 1.165) is 17.1 Å². The van der Waals surface area contributed by atoms with Gasteiger partial charge < -0.3 is 14.9 Å². The topological polar surface area (TPSA) is 75.6 Å². The molecule has 0 fully saturated rings. The van der Waals surface area contributed by atoms with Gasteiger partial charge in [-0.2, -0.15) is 0 Å². The zero-order valence-corrected chi connectivity index (χ0v) is 13.1. The molecule has 0 atom stereocenters. The number of carbonyl (C=O) groups is 1. The Hall–Kier alpha value is -2.28. The SMILES string of the molecule is Cn1cnnc1SCC(=O)NCCc1c[nH]c2ccccc12. The van der Waals surface area contributed by atoms with Crippen LogP contribution in [-0.2, 0) is 18.3 Å². The Bertz CT molecular complexity index is 779. The second-order valence-corrected chi connectivity index (χ2v) is 5.92. The zero-order valence-electron chi connectivity index (χ0n) is 12.2. The first-order valence-electron chi connectivity index (χ1n) is 7.02. The Balaban J connectivity index is 1.46. The third-order valence-corrected chi connectivity index (χ3v) is 4.43. The maximum absolute atomic E-state index is 11.8. The lowest BCUT2D eigenvalue weighted by molar-refractivity contribution is -0.118. The van der Waals surface area contributed by atoms with Gasteiger partial charge in [-0.25, -0.2) is 0 Å². The van der Waals surface area contributed by atoms with Crippen LogP contribution in [0.3, 0.4) is 0 Å². The van der Waals surface area contributed by atoms with Gasteiger partial charge in [0.2, 0.25) is 5.91 Å². The molecule has 0 radical (unpaired) electrons. The number of hydrogen-bond donors (Lipinski definition) is 2. The van der Waals surface area contributed by atoms with Crippen LogP contribution in [0.1, 0.15) is 5.56 Å². The third-order valence-electron chi connectivity index (χ3n) is 3.39. The lowest BCUT2D eigenvalue weighted by Gasteiger charge is -2.04. The Labute approximate surface area is 132 Å². The van der Waals surface area contributed by atoms with Crippen LogP contribution >= 0.6 is 11.8 Å². The maximum atomic E-state index is 11.8. The molecule has 2 aromatic heterocycles. The van der Waals surface area contributed by atoms with Gasteiger partial charge >= 0.3 is 0 Å². The van der Waals surface area contributed by atoms with E-state index in [-0.39, 0.29) is 5.91 Å². The first-order chi connectivity index (χ1) is 10.7. The Kier molecular flexibility index (Phi) is 4.43. The van der Waals surface area contributed by atoms with Crippen LogP contribution in [0.5, 0.6) is 0 Å². The molecule has 1 amide bonds. The molecule has 0 aliphatic carbocycles. The van der Waals surface area contributed by atoms with E-state index < -0.39 is 0 Å². The monoisotopic (exact) mass is 315 g/mol. The number of aryl methyl sites for hydroxylation is 1. The predicted molar refractivity (Wildman–Crippen MR) is 86.7 cm³/mol. The number of hydrogen-bond acceptors (Lipinski definition) is 4. The van der Waals surface area contributed by atoms with E-state index in [1.54, 1.807) is 10.9 Å². The Morgan fingerprint density at radius 1 is 1.41 bits per heavy atom. The van der Waals surface area contributed by atoms with Gasteiger partial charge in [0, 0.05) is 30.7 Å². The number of H-pyrrole nitrogens is 1. The normalized spacial score (nSPS) is 11.0. The van der Waals surface area contributed by atoms with Crippen molar-refractivity contribution < 1.29 is 4.79 Å². The molecule has 0 unspecified atom stereocenters. The summed E-state index contributed by atoms with van der Waals surface area (Å²) in [4.78, 5) is 15.1. The molecule has 6 nitrogen and oxygen atoms in total. The van der Waals surface area contributed by atoms with Crippen molar-refractivity contribution in [2.45, 2.75) is 11.6 Å². The number of fused-ring (bicyclic) bond motifs is 1. The number of aromatic amines is 1. The first kappa shape index (κ1) is 14.6. The van der Waals surface area contributed by atoms with Crippen LogP contribution in [0.25, 0.3) is 10.9 Å². The first-order valence-corrected chi connectivity index (χ1v) is 8.01. The number of thioether (sulfide) groups is 1. The molecule has 0 aliphatic rings. The molecule has 7 heteroatoms. The predicted octanol–water partition coefficient (Wildman–Crippen LogP) is 1.75. The molecule has 3 rings (SSSR count). The summed E-state index contributed by atoms with van der Waals surface area (Å²) >= 11 is 1.38. The highest BCUT2D eigenvalue weighted by atomic mass is 32.2. The van der Waals surface area contributed by atoms with Crippen molar-refractivity contribution in [3.05, 3.63) is 42.4 Å². The average molecular weight is 315 g/mol. The van der Waals surface area contributed by atoms with E-state index in [9.17, 15) is 4.79 Å². The van der Waals surface area contributed by atoms with E-state index in [0.29, 0.717) is 12.3 Å². The quantitative estimate of drug-likeness (QED) is 0.680. The number of benzene rings is 1. The summed E-state index contributed by atoms with van der Waals surface area (Å²) in [5.74, 6) is 0.355. The molecule has 2 N–H and O–H groups in total. The summed E-state index contributed by atoms with van der Waals surface area (Å²) in [6, 6.07) is 8.17. The van der Waals surface area contributed by atoms with Crippen molar-refractivity contribution in [1.82, 2.24) is 25.1 Å². The molecule has 1 aromatic carbocycles. The standard InChI is InChI=1S/C15H17N5OS/c1-20-10-18-19-15(20)22-9-14(21)16-7-6-11-8-17-13-5-3-2-4-12(11)13/h2-5,8,10,17H,6-7,9H2,1H3,(H,16,21). The fourth-order valence-electron chi connectivity index (χ4n) is 2.26. The summed E-state index contributed by atoms with van der Waals surface area (Å²) in [5, 5.41) is 12.6. The Morgan fingerprint density at radius 3 is 3.09 bits per heavy atom. The van der Waals surface area contributed by atoms with Crippen molar-refractivity contribution in [3.63, 3.8) is 0 Å². The lowest BCUT2D eigenvalue weighted by Crippen LogP contribution is -2.27. The van der Waals surface area contributed by atoms with Gasteiger partial charge in [-0.3, -0.25) is 4.79 Å².